The smallest absolute Gasteiger partial charge is 0.165 e. The Balaban J connectivity index is 1.94. The number of fused-ring (bicyclic) bond motifs is 1. The van der Waals surface area contributed by atoms with Crippen LogP contribution < -0.4 is 10.6 Å². The van der Waals surface area contributed by atoms with Gasteiger partial charge in [0.1, 0.15) is 0 Å². The number of nitrogen functional groups attached to an aromatic ring is 1. The van der Waals surface area contributed by atoms with Gasteiger partial charge in [-0.25, -0.2) is 9.37 Å². The fourth-order valence-electron chi connectivity index (χ4n) is 2.43. The van der Waals surface area contributed by atoms with E-state index in [2.05, 4.69) is 4.98 Å². The van der Waals surface area contributed by atoms with E-state index in [-0.39, 0.29) is 5.82 Å². The average molecular weight is 243 g/mol. The third-order valence-corrected chi connectivity index (χ3v) is 3.34. The molecule has 0 bridgehead atoms. The molecule has 18 heavy (non-hydrogen) atoms. The Morgan fingerprint density at radius 2 is 2.11 bits per heavy atom. The van der Waals surface area contributed by atoms with E-state index in [1.807, 2.05) is 23.1 Å². The molecule has 1 aromatic heterocycles. The highest BCUT2D eigenvalue weighted by atomic mass is 19.1. The maximum Gasteiger partial charge on any atom is 0.165 e. The van der Waals surface area contributed by atoms with Crippen LogP contribution in [-0.4, -0.2) is 11.5 Å². The van der Waals surface area contributed by atoms with E-state index in [0.29, 0.717) is 12.4 Å². The lowest BCUT2D eigenvalue weighted by Crippen LogP contribution is -2.32. The zero-order valence-electron chi connectivity index (χ0n) is 9.94. The summed E-state index contributed by atoms with van der Waals surface area (Å²) >= 11 is 0. The summed E-state index contributed by atoms with van der Waals surface area (Å²) in [6, 6.07) is 8.94. The van der Waals surface area contributed by atoms with Gasteiger partial charge in [-0.2, -0.15) is 0 Å². The molecule has 3 rings (SSSR count). The van der Waals surface area contributed by atoms with Crippen LogP contribution in [0.15, 0.2) is 36.5 Å². The van der Waals surface area contributed by atoms with Crippen LogP contribution >= 0.6 is 0 Å². The molecule has 0 spiro atoms. The van der Waals surface area contributed by atoms with Crippen LogP contribution in [0, 0.1) is 5.82 Å². The lowest BCUT2D eigenvalue weighted by molar-refractivity contribution is 0.601. The molecule has 2 aromatic rings. The second kappa shape index (κ2) is 4.29. The molecule has 0 unspecified atom stereocenters. The molecule has 0 saturated heterocycles. The number of nitrogens with zero attached hydrogens (tertiary/aromatic N) is 2. The SMILES string of the molecule is Nc1cccc2c1CCN(c1ncccc1F)C2. The summed E-state index contributed by atoms with van der Waals surface area (Å²) in [4.78, 5) is 6.07. The summed E-state index contributed by atoms with van der Waals surface area (Å²) in [6.07, 6.45) is 2.45. The molecule has 0 aliphatic carbocycles. The zero-order chi connectivity index (χ0) is 12.5. The minimum absolute atomic E-state index is 0.273. The summed E-state index contributed by atoms with van der Waals surface area (Å²) < 4.78 is 13.7. The van der Waals surface area contributed by atoms with Gasteiger partial charge in [0.2, 0.25) is 0 Å². The minimum Gasteiger partial charge on any atom is -0.398 e. The summed E-state index contributed by atoms with van der Waals surface area (Å²) in [6.45, 7) is 1.41. The van der Waals surface area contributed by atoms with Crippen molar-refractivity contribution < 1.29 is 4.39 Å². The Labute approximate surface area is 105 Å². The van der Waals surface area contributed by atoms with Crippen molar-refractivity contribution in [1.29, 1.82) is 0 Å². The topological polar surface area (TPSA) is 42.1 Å². The number of anilines is 2. The predicted molar refractivity (Wildman–Crippen MR) is 69.8 cm³/mol. The number of benzene rings is 1. The molecule has 1 aliphatic heterocycles. The van der Waals surface area contributed by atoms with Gasteiger partial charge in [0, 0.05) is 25.0 Å². The van der Waals surface area contributed by atoms with Crippen molar-refractivity contribution in [3.8, 4) is 0 Å². The highest BCUT2D eigenvalue weighted by molar-refractivity contribution is 5.55. The third-order valence-electron chi connectivity index (χ3n) is 3.34. The zero-order valence-corrected chi connectivity index (χ0v) is 9.94. The molecule has 0 atom stereocenters. The maximum atomic E-state index is 13.7. The molecule has 0 saturated carbocycles. The first-order valence-electron chi connectivity index (χ1n) is 5.97. The second-order valence-corrected chi connectivity index (χ2v) is 4.47. The van der Waals surface area contributed by atoms with Crippen molar-refractivity contribution in [3.05, 3.63) is 53.5 Å². The molecule has 1 aliphatic rings. The number of nitrogens with two attached hydrogens (primary N) is 1. The van der Waals surface area contributed by atoms with Crippen molar-refractivity contribution in [3.63, 3.8) is 0 Å². The molecule has 92 valence electrons. The maximum absolute atomic E-state index is 13.7. The molecule has 3 nitrogen and oxygen atoms in total. The second-order valence-electron chi connectivity index (χ2n) is 4.47. The Hall–Kier alpha value is -2.10. The first kappa shape index (κ1) is 11.0. The van der Waals surface area contributed by atoms with Crippen LogP contribution in [0.2, 0.25) is 0 Å². The van der Waals surface area contributed by atoms with Gasteiger partial charge in [-0.3, -0.25) is 0 Å². The fourth-order valence-corrected chi connectivity index (χ4v) is 2.43. The van der Waals surface area contributed by atoms with Gasteiger partial charge < -0.3 is 10.6 Å². The van der Waals surface area contributed by atoms with E-state index in [9.17, 15) is 4.39 Å². The van der Waals surface area contributed by atoms with Gasteiger partial charge in [-0.05, 0) is 35.7 Å². The van der Waals surface area contributed by atoms with Crippen molar-refractivity contribution in [2.24, 2.45) is 0 Å². The van der Waals surface area contributed by atoms with E-state index >= 15 is 0 Å². The molecule has 1 aromatic carbocycles. The summed E-state index contributed by atoms with van der Waals surface area (Å²) in [5.74, 6) is 0.149. The van der Waals surface area contributed by atoms with E-state index in [1.165, 1.54) is 11.6 Å². The number of aromatic nitrogens is 1. The summed E-state index contributed by atoms with van der Waals surface area (Å²) in [5.41, 5.74) is 9.12. The third kappa shape index (κ3) is 1.79. The molecule has 0 radical (unpaired) electrons. The van der Waals surface area contributed by atoms with Crippen LogP contribution in [0.3, 0.4) is 0 Å². The molecular weight excluding hydrogens is 229 g/mol. The predicted octanol–water partition coefficient (Wildman–Crippen LogP) is 2.37. The monoisotopic (exact) mass is 243 g/mol. The Morgan fingerprint density at radius 3 is 2.94 bits per heavy atom. The van der Waals surface area contributed by atoms with Gasteiger partial charge >= 0.3 is 0 Å². The van der Waals surface area contributed by atoms with E-state index in [0.717, 1.165) is 24.2 Å². The van der Waals surface area contributed by atoms with E-state index in [4.69, 9.17) is 5.73 Å². The van der Waals surface area contributed by atoms with Crippen molar-refractivity contribution in [2.45, 2.75) is 13.0 Å². The van der Waals surface area contributed by atoms with Crippen LogP contribution in [0.4, 0.5) is 15.9 Å². The van der Waals surface area contributed by atoms with Crippen LogP contribution in [0.25, 0.3) is 0 Å². The van der Waals surface area contributed by atoms with Crippen LogP contribution in [0.1, 0.15) is 11.1 Å². The molecule has 4 heteroatoms. The van der Waals surface area contributed by atoms with Gasteiger partial charge in [-0.15, -0.1) is 0 Å². The highest BCUT2D eigenvalue weighted by Crippen LogP contribution is 2.27. The van der Waals surface area contributed by atoms with Crippen LogP contribution in [0.5, 0.6) is 0 Å². The van der Waals surface area contributed by atoms with Crippen LogP contribution in [-0.2, 0) is 13.0 Å². The largest absolute Gasteiger partial charge is 0.398 e. The molecule has 2 heterocycles. The fraction of sp³-hybridized carbons (Fsp3) is 0.214. The van der Waals surface area contributed by atoms with Gasteiger partial charge in [0.15, 0.2) is 11.6 Å². The van der Waals surface area contributed by atoms with Gasteiger partial charge in [-0.1, -0.05) is 12.1 Å². The quantitative estimate of drug-likeness (QED) is 0.782. The van der Waals surface area contributed by atoms with Gasteiger partial charge in [0.25, 0.3) is 0 Å². The first-order valence-corrected chi connectivity index (χ1v) is 5.97. The standard InChI is InChI=1S/C14H14FN3/c15-12-4-2-7-17-14(12)18-8-6-11-10(9-18)3-1-5-13(11)16/h1-5,7H,6,8-9,16H2. The average Bonchev–Trinajstić information content (AvgIpc) is 2.39. The van der Waals surface area contributed by atoms with Crippen molar-refractivity contribution >= 4 is 11.5 Å². The number of pyridine rings is 1. The van der Waals surface area contributed by atoms with Crippen molar-refractivity contribution in [1.82, 2.24) is 4.98 Å². The number of rotatable bonds is 1. The number of hydrogen-bond acceptors (Lipinski definition) is 3. The Kier molecular flexibility index (Phi) is 2.63. The normalized spacial score (nSPS) is 14.4. The summed E-state index contributed by atoms with van der Waals surface area (Å²) in [5, 5.41) is 0. The minimum atomic E-state index is -0.273. The lowest BCUT2D eigenvalue weighted by atomic mass is 9.98. The van der Waals surface area contributed by atoms with Crippen molar-refractivity contribution in [2.75, 3.05) is 17.2 Å². The first-order chi connectivity index (χ1) is 8.75. The molecule has 2 N–H and O–H groups in total. The van der Waals surface area contributed by atoms with E-state index < -0.39 is 0 Å². The number of hydrogen-bond donors (Lipinski definition) is 1. The Morgan fingerprint density at radius 1 is 1.22 bits per heavy atom. The molecule has 0 fully saturated rings. The molecular formula is C14H14FN3. The number of halogens is 1. The van der Waals surface area contributed by atoms with E-state index in [1.54, 1.807) is 12.3 Å². The Bertz CT molecular complexity index is 583. The lowest BCUT2D eigenvalue weighted by Gasteiger charge is -2.30. The molecule has 0 amide bonds. The summed E-state index contributed by atoms with van der Waals surface area (Å²) in [7, 11) is 0. The van der Waals surface area contributed by atoms with Gasteiger partial charge in [0.05, 0.1) is 0 Å². The highest BCUT2D eigenvalue weighted by Gasteiger charge is 2.20.